The van der Waals surface area contributed by atoms with E-state index in [9.17, 15) is 14.0 Å². The van der Waals surface area contributed by atoms with Crippen molar-refractivity contribution in [2.45, 2.75) is 52.2 Å². The van der Waals surface area contributed by atoms with Crippen molar-refractivity contribution in [3.63, 3.8) is 0 Å². The van der Waals surface area contributed by atoms with Crippen LogP contribution in [0.25, 0.3) is 0 Å². The van der Waals surface area contributed by atoms with Gasteiger partial charge in [0.1, 0.15) is 11.9 Å². The van der Waals surface area contributed by atoms with Crippen LogP contribution >= 0.6 is 11.6 Å². The number of nitrogens with one attached hydrogen (secondary N) is 1. The summed E-state index contributed by atoms with van der Waals surface area (Å²) in [4.78, 5) is 27.2. The number of amides is 2. The number of carbonyl (C=O) groups is 2. The second kappa shape index (κ2) is 9.20. The molecule has 2 aromatic carbocycles. The van der Waals surface area contributed by atoms with Gasteiger partial charge >= 0.3 is 0 Å². The number of rotatable bonds is 6. The number of halogens is 2. The summed E-state index contributed by atoms with van der Waals surface area (Å²) >= 11 is 6.06. The lowest BCUT2D eigenvalue weighted by molar-refractivity contribution is -0.140. The first-order chi connectivity index (χ1) is 13.0. The minimum Gasteiger partial charge on any atom is -0.350 e. The summed E-state index contributed by atoms with van der Waals surface area (Å²) in [7, 11) is 0. The van der Waals surface area contributed by atoms with Crippen molar-refractivity contribution in [2.75, 3.05) is 0 Å². The molecule has 1 N–H and O–H groups in total. The van der Waals surface area contributed by atoms with E-state index in [4.69, 9.17) is 11.6 Å². The van der Waals surface area contributed by atoms with Crippen LogP contribution in [0.2, 0.25) is 5.02 Å². The van der Waals surface area contributed by atoms with Crippen LogP contribution in [0, 0.1) is 5.82 Å². The zero-order chi connectivity index (χ0) is 20.9. The molecule has 4 nitrogen and oxygen atoms in total. The molecule has 0 heterocycles. The summed E-state index contributed by atoms with van der Waals surface area (Å²) in [6.07, 6.45) is 0.0774. The van der Waals surface area contributed by atoms with Crippen molar-refractivity contribution in [3.8, 4) is 0 Å². The smallest absolute Gasteiger partial charge is 0.242 e. The summed E-state index contributed by atoms with van der Waals surface area (Å²) in [6, 6.07) is 12.3. The quantitative estimate of drug-likeness (QED) is 0.777. The molecule has 1 atom stereocenters. The average molecular weight is 405 g/mol. The van der Waals surface area contributed by atoms with Gasteiger partial charge in [-0.05, 0) is 63.1 Å². The van der Waals surface area contributed by atoms with Gasteiger partial charge in [-0.1, -0.05) is 35.9 Å². The summed E-state index contributed by atoms with van der Waals surface area (Å²) in [5.41, 5.74) is 1.11. The van der Waals surface area contributed by atoms with Gasteiger partial charge in [0.2, 0.25) is 11.8 Å². The van der Waals surface area contributed by atoms with Crippen LogP contribution in [0.3, 0.4) is 0 Å². The third kappa shape index (κ3) is 6.64. The van der Waals surface area contributed by atoms with E-state index in [1.54, 1.807) is 37.3 Å². The molecular formula is C22H26ClFN2O2. The molecule has 0 bridgehead atoms. The van der Waals surface area contributed by atoms with Crippen molar-refractivity contribution >= 4 is 23.4 Å². The number of benzene rings is 2. The first-order valence-corrected chi connectivity index (χ1v) is 9.53. The lowest BCUT2D eigenvalue weighted by Crippen LogP contribution is -2.52. The van der Waals surface area contributed by atoms with Gasteiger partial charge < -0.3 is 10.2 Å². The number of hydrogen-bond acceptors (Lipinski definition) is 2. The summed E-state index contributed by atoms with van der Waals surface area (Å²) in [6.45, 7) is 7.62. The maximum absolute atomic E-state index is 13.1. The Hall–Kier alpha value is -2.40. The SMILES string of the molecule is C[C@H](C(=O)NC(C)(C)C)N(Cc1cccc(Cl)c1)C(=O)Cc1ccc(F)cc1. The number of nitrogens with zero attached hydrogens (tertiary/aromatic N) is 1. The Balaban J connectivity index is 2.24. The van der Waals surface area contributed by atoms with Crippen molar-refractivity contribution in [1.29, 1.82) is 0 Å². The summed E-state index contributed by atoms with van der Waals surface area (Å²) < 4.78 is 13.1. The molecule has 0 aromatic heterocycles. The predicted octanol–water partition coefficient (Wildman–Crippen LogP) is 4.35. The second-order valence-electron chi connectivity index (χ2n) is 7.87. The van der Waals surface area contributed by atoms with Crippen LogP contribution in [0.4, 0.5) is 4.39 Å². The van der Waals surface area contributed by atoms with E-state index in [-0.39, 0.29) is 30.6 Å². The molecule has 0 fully saturated rings. The van der Waals surface area contributed by atoms with Crippen LogP contribution in [-0.4, -0.2) is 28.3 Å². The van der Waals surface area contributed by atoms with Crippen LogP contribution in [0.5, 0.6) is 0 Å². The lowest BCUT2D eigenvalue weighted by Gasteiger charge is -2.31. The molecule has 0 spiro atoms. The fourth-order valence-corrected chi connectivity index (χ4v) is 2.98. The van der Waals surface area contributed by atoms with Gasteiger partial charge in [0.05, 0.1) is 6.42 Å². The van der Waals surface area contributed by atoms with E-state index in [1.807, 2.05) is 26.8 Å². The molecule has 2 rings (SSSR count). The van der Waals surface area contributed by atoms with E-state index in [0.29, 0.717) is 10.6 Å². The fraction of sp³-hybridized carbons (Fsp3) is 0.364. The number of hydrogen-bond donors (Lipinski definition) is 1. The van der Waals surface area contributed by atoms with Crippen molar-refractivity contribution in [1.82, 2.24) is 10.2 Å². The maximum atomic E-state index is 13.1. The van der Waals surface area contributed by atoms with E-state index in [1.165, 1.54) is 17.0 Å². The van der Waals surface area contributed by atoms with Gasteiger partial charge in [-0.15, -0.1) is 0 Å². The number of carbonyl (C=O) groups excluding carboxylic acids is 2. The van der Waals surface area contributed by atoms with Crippen LogP contribution in [-0.2, 0) is 22.6 Å². The largest absolute Gasteiger partial charge is 0.350 e. The van der Waals surface area contributed by atoms with E-state index >= 15 is 0 Å². The van der Waals surface area contributed by atoms with E-state index in [2.05, 4.69) is 5.32 Å². The molecule has 0 unspecified atom stereocenters. The first-order valence-electron chi connectivity index (χ1n) is 9.15. The molecule has 0 saturated carbocycles. The zero-order valence-corrected chi connectivity index (χ0v) is 17.4. The van der Waals surface area contributed by atoms with Crippen molar-refractivity contribution < 1.29 is 14.0 Å². The molecule has 28 heavy (non-hydrogen) atoms. The molecule has 0 aliphatic rings. The molecular weight excluding hydrogens is 379 g/mol. The predicted molar refractivity (Wildman–Crippen MR) is 109 cm³/mol. The Morgan fingerprint density at radius 2 is 1.75 bits per heavy atom. The zero-order valence-electron chi connectivity index (χ0n) is 16.6. The molecule has 2 aromatic rings. The maximum Gasteiger partial charge on any atom is 0.242 e. The standard InChI is InChI=1S/C22H26ClFN2O2/c1-15(21(28)25-22(2,3)4)26(14-17-6-5-7-18(23)12-17)20(27)13-16-8-10-19(24)11-9-16/h5-12,15H,13-14H2,1-4H3,(H,25,28)/t15-/m1/s1. The highest BCUT2D eigenvalue weighted by atomic mass is 35.5. The van der Waals surface area contributed by atoms with E-state index in [0.717, 1.165) is 5.56 Å². The Bertz CT molecular complexity index is 831. The first kappa shape index (κ1) is 21.9. The highest BCUT2D eigenvalue weighted by Gasteiger charge is 2.28. The van der Waals surface area contributed by atoms with Crippen LogP contribution in [0.15, 0.2) is 48.5 Å². The fourth-order valence-electron chi connectivity index (χ4n) is 2.77. The van der Waals surface area contributed by atoms with Crippen LogP contribution in [0.1, 0.15) is 38.8 Å². The molecule has 2 amide bonds. The normalized spacial score (nSPS) is 12.4. The van der Waals surface area contributed by atoms with Crippen LogP contribution < -0.4 is 5.32 Å². The van der Waals surface area contributed by atoms with Gasteiger partial charge in [0.25, 0.3) is 0 Å². The molecule has 0 saturated heterocycles. The van der Waals surface area contributed by atoms with Gasteiger partial charge in [-0.2, -0.15) is 0 Å². The average Bonchev–Trinajstić information content (AvgIpc) is 2.59. The Kier molecular flexibility index (Phi) is 7.19. The summed E-state index contributed by atoms with van der Waals surface area (Å²) in [5, 5.41) is 3.48. The van der Waals surface area contributed by atoms with E-state index < -0.39 is 11.6 Å². The monoisotopic (exact) mass is 404 g/mol. The Morgan fingerprint density at radius 1 is 1.11 bits per heavy atom. The minimum absolute atomic E-state index is 0.0774. The molecule has 150 valence electrons. The summed E-state index contributed by atoms with van der Waals surface area (Å²) in [5.74, 6) is -0.810. The Morgan fingerprint density at radius 3 is 2.32 bits per heavy atom. The highest BCUT2D eigenvalue weighted by molar-refractivity contribution is 6.30. The molecule has 0 aliphatic carbocycles. The van der Waals surface area contributed by atoms with Gasteiger partial charge in [-0.25, -0.2) is 4.39 Å². The third-order valence-corrected chi connectivity index (χ3v) is 4.41. The minimum atomic E-state index is -0.675. The Labute approximate surface area is 170 Å². The van der Waals surface area contributed by atoms with Crippen molar-refractivity contribution in [2.24, 2.45) is 0 Å². The second-order valence-corrected chi connectivity index (χ2v) is 8.31. The van der Waals surface area contributed by atoms with Gasteiger partial charge in [-0.3, -0.25) is 9.59 Å². The lowest BCUT2D eigenvalue weighted by atomic mass is 10.1. The topological polar surface area (TPSA) is 49.4 Å². The third-order valence-electron chi connectivity index (χ3n) is 4.18. The molecule has 6 heteroatoms. The van der Waals surface area contributed by atoms with Crippen molar-refractivity contribution in [3.05, 3.63) is 70.5 Å². The molecule has 0 radical (unpaired) electrons. The molecule has 0 aliphatic heterocycles. The highest BCUT2D eigenvalue weighted by Crippen LogP contribution is 2.17. The van der Waals surface area contributed by atoms with Gasteiger partial charge in [0, 0.05) is 17.1 Å². The van der Waals surface area contributed by atoms with Gasteiger partial charge in [0.15, 0.2) is 0 Å².